The zero-order valence-corrected chi connectivity index (χ0v) is 9.91. The number of methoxy groups -OCH3 is 1. The molecule has 0 atom stereocenters. The molecule has 0 radical (unpaired) electrons. The van der Waals surface area contributed by atoms with Crippen LogP contribution in [0.25, 0.3) is 0 Å². The highest BCUT2D eigenvalue weighted by molar-refractivity contribution is 6.18. The van der Waals surface area contributed by atoms with Gasteiger partial charge in [0.05, 0.1) is 13.2 Å². The molecule has 0 aromatic heterocycles. The molecular formula is C8H16O4Si. The van der Waals surface area contributed by atoms with Gasteiger partial charge in [-0.15, -0.1) is 0 Å². The van der Waals surface area contributed by atoms with Gasteiger partial charge >= 0.3 is 10.0 Å². The molecule has 13 heavy (non-hydrogen) atoms. The highest BCUT2D eigenvalue weighted by Gasteiger charge is 2.00. The van der Waals surface area contributed by atoms with Gasteiger partial charge in [-0.05, 0) is 20.8 Å². The number of carbonyl (C=O) groups is 1. The van der Waals surface area contributed by atoms with Crippen molar-refractivity contribution in [2.24, 2.45) is 0 Å². The van der Waals surface area contributed by atoms with Gasteiger partial charge in [0.15, 0.2) is 5.78 Å². The van der Waals surface area contributed by atoms with Crippen LogP contribution < -0.4 is 0 Å². The molecule has 0 rings (SSSR count). The zero-order valence-electron chi connectivity index (χ0n) is 8.49. The highest BCUT2D eigenvalue weighted by Crippen LogP contribution is 1.98. The molecule has 0 saturated carbocycles. The number of allylic oxidation sites excluding steroid dienone is 1. The molecule has 0 aliphatic heterocycles. The van der Waals surface area contributed by atoms with Crippen LogP contribution in [0, 0.1) is 0 Å². The second-order valence-electron chi connectivity index (χ2n) is 2.76. The summed E-state index contributed by atoms with van der Waals surface area (Å²) in [6.07, 6.45) is 1.46. The van der Waals surface area contributed by atoms with E-state index in [2.05, 4.69) is 0 Å². The van der Waals surface area contributed by atoms with Crippen molar-refractivity contribution in [3.8, 4) is 0 Å². The summed E-state index contributed by atoms with van der Waals surface area (Å²) in [5.74, 6) is 0.134. The third-order valence-electron chi connectivity index (χ3n) is 1.12. The molecule has 0 spiro atoms. The Morgan fingerprint density at radius 3 is 2.46 bits per heavy atom. The molecule has 0 aliphatic carbocycles. The third kappa shape index (κ3) is 7.54. The van der Waals surface area contributed by atoms with E-state index in [4.69, 9.17) is 13.6 Å². The van der Waals surface area contributed by atoms with Crippen LogP contribution in [-0.2, 0) is 18.4 Å². The summed E-state index contributed by atoms with van der Waals surface area (Å²) in [6.45, 7) is 5.29. The monoisotopic (exact) mass is 204 g/mol. The Kier molecular flexibility index (Phi) is 6.26. The van der Waals surface area contributed by atoms with Gasteiger partial charge < -0.3 is 13.6 Å². The lowest BCUT2D eigenvalue weighted by Crippen LogP contribution is -2.11. The Morgan fingerprint density at radius 1 is 1.46 bits per heavy atom. The van der Waals surface area contributed by atoms with E-state index in [1.165, 1.54) is 20.1 Å². The SMILES string of the molecule is CO/C(=C\C(C)=O)O[SiH2]OC(C)C. The summed E-state index contributed by atoms with van der Waals surface area (Å²) < 4.78 is 15.2. The van der Waals surface area contributed by atoms with Crippen LogP contribution >= 0.6 is 0 Å². The second kappa shape index (κ2) is 6.68. The van der Waals surface area contributed by atoms with Crippen molar-refractivity contribution in [3.63, 3.8) is 0 Å². The largest absolute Gasteiger partial charge is 0.499 e. The Morgan fingerprint density at radius 2 is 2.08 bits per heavy atom. The minimum atomic E-state index is -1.08. The van der Waals surface area contributed by atoms with Crippen LogP contribution in [-0.4, -0.2) is 29.0 Å². The van der Waals surface area contributed by atoms with E-state index >= 15 is 0 Å². The molecule has 76 valence electrons. The summed E-state index contributed by atoms with van der Waals surface area (Å²) in [6, 6.07) is 0. The van der Waals surface area contributed by atoms with Crippen molar-refractivity contribution >= 4 is 15.8 Å². The quantitative estimate of drug-likeness (QED) is 0.359. The van der Waals surface area contributed by atoms with E-state index in [0.29, 0.717) is 0 Å². The smallest absolute Gasteiger partial charge is 0.369 e. The van der Waals surface area contributed by atoms with E-state index in [-0.39, 0.29) is 17.8 Å². The van der Waals surface area contributed by atoms with Gasteiger partial charge in [0, 0.05) is 6.10 Å². The predicted octanol–water partition coefficient (Wildman–Crippen LogP) is 0.504. The second-order valence-corrected chi connectivity index (χ2v) is 3.61. The summed E-state index contributed by atoms with van der Waals surface area (Å²) in [5.41, 5.74) is 0. The van der Waals surface area contributed by atoms with Crippen molar-refractivity contribution in [2.45, 2.75) is 26.9 Å². The Bertz CT molecular complexity index is 189. The molecule has 0 aromatic rings. The van der Waals surface area contributed by atoms with Gasteiger partial charge in [-0.2, -0.15) is 0 Å². The van der Waals surface area contributed by atoms with Crippen LogP contribution in [0.2, 0.25) is 0 Å². The van der Waals surface area contributed by atoms with Gasteiger partial charge in [0.1, 0.15) is 0 Å². The maximum atomic E-state index is 10.6. The number of ether oxygens (including phenoxy) is 1. The fourth-order valence-corrected chi connectivity index (χ4v) is 1.21. The average molecular weight is 204 g/mol. The first-order valence-corrected chi connectivity index (χ1v) is 5.22. The van der Waals surface area contributed by atoms with Gasteiger partial charge in [-0.25, -0.2) is 0 Å². The molecular weight excluding hydrogens is 188 g/mol. The topological polar surface area (TPSA) is 44.8 Å². The summed E-state index contributed by atoms with van der Waals surface area (Å²) in [5, 5.41) is 0. The molecule has 4 nitrogen and oxygen atoms in total. The van der Waals surface area contributed by atoms with Crippen LogP contribution in [0.5, 0.6) is 0 Å². The van der Waals surface area contributed by atoms with E-state index in [0.717, 1.165) is 0 Å². The molecule has 5 heteroatoms. The average Bonchev–Trinajstić information content (AvgIpc) is 2.01. The molecule has 0 amide bonds. The normalized spacial score (nSPS) is 12.5. The minimum Gasteiger partial charge on any atom is -0.499 e. The van der Waals surface area contributed by atoms with Crippen LogP contribution in [0.3, 0.4) is 0 Å². The molecule has 0 saturated heterocycles. The summed E-state index contributed by atoms with van der Waals surface area (Å²) in [7, 11) is 0.374. The van der Waals surface area contributed by atoms with Gasteiger partial charge in [0.25, 0.3) is 5.95 Å². The van der Waals surface area contributed by atoms with Gasteiger partial charge in [-0.1, -0.05) is 0 Å². The lowest BCUT2D eigenvalue weighted by Gasteiger charge is -2.10. The Labute approximate surface area is 80.9 Å². The lowest BCUT2D eigenvalue weighted by atomic mass is 10.4. The van der Waals surface area contributed by atoms with Crippen molar-refractivity contribution in [2.75, 3.05) is 7.11 Å². The molecule has 0 heterocycles. The molecule has 0 N–H and O–H groups in total. The van der Waals surface area contributed by atoms with E-state index in [9.17, 15) is 4.79 Å². The van der Waals surface area contributed by atoms with Crippen molar-refractivity contribution in [1.29, 1.82) is 0 Å². The highest BCUT2D eigenvalue weighted by atomic mass is 28.3. The first kappa shape index (κ1) is 12.2. The van der Waals surface area contributed by atoms with Crippen molar-refractivity contribution in [3.05, 3.63) is 12.0 Å². The van der Waals surface area contributed by atoms with Gasteiger partial charge in [0.2, 0.25) is 0 Å². The number of carbonyl (C=O) groups excluding carboxylic acids is 1. The van der Waals surface area contributed by atoms with Crippen molar-refractivity contribution < 1.29 is 18.4 Å². The van der Waals surface area contributed by atoms with Crippen LogP contribution in [0.4, 0.5) is 0 Å². The molecule has 0 bridgehead atoms. The molecule has 0 fully saturated rings. The summed E-state index contributed by atoms with van der Waals surface area (Å²) in [4.78, 5) is 10.6. The number of hydrogen-bond acceptors (Lipinski definition) is 4. The predicted molar refractivity (Wildman–Crippen MR) is 51.6 cm³/mol. The fraction of sp³-hybridized carbons (Fsp3) is 0.625. The zero-order chi connectivity index (χ0) is 10.3. The van der Waals surface area contributed by atoms with Crippen LogP contribution in [0.15, 0.2) is 12.0 Å². The number of rotatable bonds is 6. The number of hydrogen-bond donors (Lipinski definition) is 0. The van der Waals surface area contributed by atoms with Gasteiger partial charge in [-0.3, -0.25) is 4.79 Å². The standard InChI is InChI=1S/C8H16O4Si/c1-6(2)11-13-12-8(10-4)5-7(3)9/h5-6H,13H2,1-4H3/b8-5+. The maximum Gasteiger partial charge on any atom is 0.369 e. The molecule has 0 unspecified atom stereocenters. The van der Waals surface area contributed by atoms with Crippen LogP contribution in [0.1, 0.15) is 20.8 Å². The Balaban J connectivity index is 3.79. The lowest BCUT2D eigenvalue weighted by molar-refractivity contribution is -0.113. The first-order valence-electron chi connectivity index (χ1n) is 4.07. The first-order chi connectivity index (χ1) is 6.06. The van der Waals surface area contributed by atoms with E-state index in [1.54, 1.807) is 0 Å². The third-order valence-corrected chi connectivity index (χ3v) is 2.33. The van der Waals surface area contributed by atoms with Crippen molar-refractivity contribution in [1.82, 2.24) is 0 Å². The summed E-state index contributed by atoms with van der Waals surface area (Å²) >= 11 is 0. The number of ketones is 1. The Hall–Kier alpha value is -0.813. The fourth-order valence-electron chi connectivity index (χ4n) is 0.554. The maximum absolute atomic E-state index is 10.6. The molecule has 0 aliphatic rings. The molecule has 0 aromatic carbocycles. The minimum absolute atomic E-state index is 0.101. The van der Waals surface area contributed by atoms with E-state index in [1.807, 2.05) is 13.8 Å². The van der Waals surface area contributed by atoms with E-state index < -0.39 is 10.0 Å².